The third-order valence-corrected chi connectivity index (χ3v) is 3.68. The van der Waals surface area contributed by atoms with Gasteiger partial charge in [0.15, 0.2) is 5.78 Å². The molecule has 0 atom stereocenters. The molecule has 3 nitrogen and oxygen atoms in total. The molecule has 2 aromatic carbocycles. The lowest BCUT2D eigenvalue weighted by atomic mass is 10.1. The summed E-state index contributed by atoms with van der Waals surface area (Å²) >= 11 is 12.2. The number of Topliss-reactive ketones (excluding diaryl/α,β-unsaturated/α-hetero) is 1. The van der Waals surface area contributed by atoms with Gasteiger partial charge in [-0.15, -0.1) is 0 Å². The van der Waals surface area contributed by atoms with Crippen LogP contribution in [0.1, 0.15) is 22.8 Å². The molecule has 0 unspecified atom stereocenters. The highest BCUT2D eigenvalue weighted by atomic mass is 35.5. The average molecular weight is 309 g/mol. The molecule has 0 bridgehead atoms. The average Bonchev–Trinajstić information content (AvgIpc) is 2.35. The maximum Gasteiger partial charge on any atom is 0.161 e. The summed E-state index contributed by atoms with van der Waals surface area (Å²) in [5.41, 5.74) is 9.13. The molecule has 0 aromatic heterocycles. The molecule has 3 N–H and O–H groups in total. The molecule has 0 fully saturated rings. The van der Waals surface area contributed by atoms with E-state index >= 15 is 0 Å². The highest BCUT2D eigenvalue weighted by Crippen LogP contribution is 2.31. The maximum atomic E-state index is 11.3. The fraction of sp³-hybridized carbons (Fsp3) is 0.133. The van der Waals surface area contributed by atoms with Gasteiger partial charge >= 0.3 is 0 Å². The number of rotatable bonds is 3. The summed E-state index contributed by atoms with van der Waals surface area (Å²) in [6.07, 6.45) is 0. The van der Waals surface area contributed by atoms with Gasteiger partial charge in [0, 0.05) is 22.0 Å². The zero-order valence-corrected chi connectivity index (χ0v) is 12.6. The number of benzene rings is 2. The molecular weight excluding hydrogens is 295 g/mol. The number of aryl methyl sites for hydroxylation is 1. The summed E-state index contributed by atoms with van der Waals surface area (Å²) < 4.78 is 0. The van der Waals surface area contributed by atoms with Crippen LogP contribution in [0.25, 0.3) is 0 Å². The van der Waals surface area contributed by atoms with Crippen LogP contribution in [0.2, 0.25) is 10.0 Å². The van der Waals surface area contributed by atoms with Crippen molar-refractivity contribution in [1.82, 2.24) is 0 Å². The first-order valence-electron chi connectivity index (χ1n) is 6.01. The molecule has 0 heterocycles. The van der Waals surface area contributed by atoms with Crippen LogP contribution in [0.3, 0.4) is 0 Å². The van der Waals surface area contributed by atoms with Crippen molar-refractivity contribution < 1.29 is 4.79 Å². The first-order valence-corrected chi connectivity index (χ1v) is 6.77. The number of halogens is 2. The summed E-state index contributed by atoms with van der Waals surface area (Å²) in [5.74, 6) is -0.0644. The van der Waals surface area contributed by atoms with Crippen LogP contribution in [-0.4, -0.2) is 5.78 Å². The molecule has 5 heteroatoms. The van der Waals surface area contributed by atoms with Gasteiger partial charge in [-0.1, -0.05) is 23.2 Å². The van der Waals surface area contributed by atoms with E-state index in [9.17, 15) is 4.79 Å². The lowest BCUT2D eigenvalue weighted by molar-refractivity contribution is 0.101. The van der Waals surface area contributed by atoms with Gasteiger partial charge in [0.05, 0.1) is 10.7 Å². The van der Waals surface area contributed by atoms with E-state index in [0.29, 0.717) is 27.0 Å². The number of hydrogen-bond acceptors (Lipinski definition) is 3. The molecule has 2 aromatic rings. The standard InChI is InChI=1S/C15H14Cl2N2O/c1-8-5-13(17)15(7-12(8)16)19-10-3-4-11(9(2)20)14(18)6-10/h3-7,19H,18H2,1-2H3. The number of nitrogens with two attached hydrogens (primary N) is 1. The van der Waals surface area contributed by atoms with Crippen molar-refractivity contribution in [3.8, 4) is 0 Å². The first-order chi connectivity index (χ1) is 9.38. The number of anilines is 3. The number of carbonyl (C=O) groups is 1. The van der Waals surface area contributed by atoms with Crippen LogP contribution in [-0.2, 0) is 0 Å². The van der Waals surface area contributed by atoms with Gasteiger partial charge in [-0.05, 0) is 49.7 Å². The van der Waals surface area contributed by atoms with E-state index in [4.69, 9.17) is 28.9 Å². The second-order valence-corrected chi connectivity index (χ2v) is 5.38. The van der Waals surface area contributed by atoms with E-state index in [0.717, 1.165) is 11.3 Å². The van der Waals surface area contributed by atoms with Gasteiger partial charge in [0.1, 0.15) is 0 Å². The Kier molecular flexibility index (Phi) is 4.21. The Bertz CT molecular complexity index is 684. The number of nitrogens with one attached hydrogen (secondary N) is 1. The molecular formula is C15H14Cl2N2O. The van der Waals surface area contributed by atoms with Gasteiger partial charge < -0.3 is 11.1 Å². The SMILES string of the molecule is CC(=O)c1ccc(Nc2cc(Cl)c(C)cc2Cl)cc1N. The van der Waals surface area contributed by atoms with Gasteiger partial charge in [-0.3, -0.25) is 4.79 Å². The molecule has 0 amide bonds. The third kappa shape index (κ3) is 3.06. The van der Waals surface area contributed by atoms with Crippen molar-refractivity contribution in [2.45, 2.75) is 13.8 Å². The van der Waals surface area contributed by atoms with Crippen molar-refractivity contribution in [2.24, 2.45) is 0 Å². The van der Waals surface area contributed by atoms with E-state index in [1.165, 1.54) is 6.92 Å². The molecule has 104 valence electrons. The fourth-order valence-corrected chi connectivity index (χ4v) is 2.29. The lowest BCUT2D eigenvalue weighted by Gasteiger charge is -2.12. The van der Waals surface area contributed by atoms with Crippen molar-refractivity contribution >= 4 is 46.0 Å². The van der Waals surface area contributed by atoms with E-state index in [2.05, 4.69) is 5.32 Å². The Balaban J connectivity index is 2.33. The van der Waals surface area contributed by atoms with Gasteiger partial charge in [-0.2, -0.15) is 0 Å². The zero-order valence-electron chi connectivity index (χ0n) is 11.1. The molecule has 0 saturated heterocycles. The second kappa shape index (κ2) is 5.73. The van der Waals surface area contributed by atoms with Crippen molar-refractivity contribution in [3.05, 3.63) is 51.5 Å². The predicted molar refractivity (Wildman–Crippen MR) is 85.3 cm³/mol. The van der Waals surface area contributed by atoms with Crippen LogP contribution >= 0.6 is 23.2 Å². The zero-order chi connectivity index (χ0) is 14.9. The van der Waals surface area contributed by atoms with Gasteiger partial charge in [0.25, 0.3) is 0 Å². The van der Waals surface area contributed by atoms with E-state index in [1.54, 1.807) is 30.3 Å². The van der Waals surface area contributed by atoms with Crippen LogP contribution < -0.4 is 11.1 Å². The summed E-state index contributed by atoms with van der Waals surface area (Å²) in [7, 11) is 0. The molecule has 0 saturated carbocycles. The molecule has 0 aliphatic rings. The van der Waals surface area contributed by atoms with Gasteiger partial charge in [0.2, 0.25) is 0 Å². The van der Waals surface area contributed by atoms with Crippen LogP contribution in [0, 0.1) is 6.92 Å². The smallest absolute Gasteiger partial charge is 0.161 e. The minimum Gasteiger partial charge on any atom is -0.398 e. The van der Waals surface area contributed by atoms with E-state index in [1.807, 2.05) is 6.92 Å². The van der Waals surface area contributed by atoms with Crippen LogP contribution in [0.15, 0.2) is 30.3 Å². The maximum absolute atomic E-state index is 11.3. The normalized spacial score (nSPS) is 10.4. The number of nitrogen functional groups attached to an aromatic ring is 1. The summed E-state index contributed by atoms with van der Waals surface area (Å²) in [4.78, 5) is 11.3. The van der Waals surface area contributed by atoms with E-state index in [-0.39, 0.29) is 5.78 Å². The highest BCUT2D eigenvalue weighted by molar-refractivity contribution is 6.35. The van der Waals surface area contributed by atoms with Crippen molar-refractivity contribution in [1.29, 1.82) is 0 Å². The minimum atomic E-state index is -0.0644. The molecule has 0 aliphatic carbocycles. The summed E-state index contributed by atoms with van der Waals surface area (Å²) in [6, 6.07) is 8.70. The second-order valence-electron chi connectivity index (χ2n) is 4.56. The van der Waals surface area contributed by atoms with Crippen molar-refractivity contribution in [2.75, 3.05) is 11.1 Å². The summed E-state index contributed by atoms with van der Waals surface area (Å²) in [5, 5.41) is 4.34. The molecule has 0 spiro atoms. The number of ketones is 1. The number of carbonyl (C=O) groups excluding carboxylic acids is 1. The third-order valence-electron chi connectivity index (χ3n) is 2.96. The summed E-state index contributed by atoms with van der Waals surface area (Å²) in [6.45, 7) is 3.37. The van der Waals surface area contributed by atoms with Crippen molar-refractivity contribution in [3.63, 3.8) is 0 Å². The Morgan fingerprint density at radius 2 is 1.85 bits per heavy atom. The molecule has 2 rings (SSSR count). The first kappa shape index (κ1) is 14.7. The Labute approximate surface area is 127 Å². The van der Waals surface area contributed by atoms with Crippen LogP contribution in [0.4, 0.5) is 17.1 Å². The lowest BCUT2D eigenvalue weighted by Crippen LogP contribution is -2.01. The van der Waals surface area contributed by atoms with Crippen LogP contribution in [0.5, 0.6) is 0 Å². The van der Waals surface area contributed by atoms with Gasteiger partial charge in [-0.25, -0.2) is 0 Å². The van der Waals surface area contributed by atoms with E-state index < -0.39 is 0 Å². The predicted octanol–water partition coefficient (Wildman–Crippen LogP) is 4.83. The molecule has 0 aliphatic heterocycles. The minimum absolute atomic E-state index is 0.0644. The largest absolute Gasteiger partial charge is 0.398 e. The Hall–Kier alpha value is -1.71. The molecule has 20 heavy (non-hydrogen) atoms. The topological polar surface area (TPSA) is 55.1 Å². The Morgan fingerprint density at radius 3 is 2.45 bits per heavy atom. The monoisotopic (exact) mass is 308 g/mol. The quantitative estimate of drug-likeness (QED) is 0.630. The molecule has 0 radical (unpaired) electrons. The Morgan fingerprint density at radius 1 is 1.15 bits per heavy atom. The number of hydrogen-bond donors (Lipinski definition) is 2. The fourth-order valence-electron chi connectivity index (χ4n) is 1.86. The highest BCUT2D eigenvalue weighted by Gasteiger charge is 2.08.